The van der Waals surface area contributed by atoms with E-state index in [1.165, 1.54) is 6.42 Å². The number of hydrogen-bond donors (Lipinski definition) is 1. The lowest BCUT2D eigenvalue weighted by Crippen LogP contribution is -2.57. The lowest BCUT2D eigenvalue weighted by atomic mass is 9.98. The molecular weight excluding hydrogens is 224 g/mol. The molecule has 18 heavy (non-hydrogen) atoms. The Labute approximate surface area is 110 Å². The molecule has 1 saturated heterocycles. The van der Waals surface area contributed by atoms with E-state index in [2.05, 4.69) is 47.6 Å². The molecule has 0 saturated carbocycles. The second-order valence-electron chi connectivity index (χ2n) is 5.70. The molecule has 0 spiro atoms. The number of piperazine rings is 1. The van der Waals surface area contributed by atoms with Crippen LogP contribution in [-0.2, 0) is 13.6 Å². The van der Waals surface area contributed by atoms with Crippen molar-refractivity contribution in [2.75, 3.05) is 13.1 Å². The van der Waals surface area contributed by atoms with Crippen LogP contribution in [0.2, 0.25) is 0 Å². The molecule has 2 unspecified atom stereocenters. The normalized spacial score (nSPS) is 25.8. The highest BCUT2D eigenvalue weighted by atomic mass is 15.3. The maximum absolute atomic E-state index is 4.45. The third-order valence-electron chi connectivity index (χ3n) is 4.10. The zero-order valence-electron chi connectivity index (χ0n) is 12.1. The topological polar surface area (TPSA) is 33.1 Å². The van der Waals surface area contributed by atoms with Crippen LogP contribution in [0.15, 0.2) is 12.4 Å². The molecule has 4 nitrogen and oxygen atoms in total. The highest BCUT2D eigenvalue weighted by Crippen LogP contribution is 2.17. The van der Waals surface area contributed by atoms with Crippen LogP contribution in [0, 0.1) is 5.92 Å². The number of aryl methyl sites for hydroxylation is 1. The van der Waals surface area contributed by atoms with E-state index in [0.717, 1.165) is 25.5 Å². The van der Waals surface area contributed by atoms with Crippen LogP contribution in [0.5, 0.6) is 0 Å². The van der Waals surface area contributed by atoms with Crippen LogP contribution in [0.4, 0.5) is 0 Å². The van der Waals surface area contributed by atoms with Gasteiger partial charge in [0.2, 0.25) is 0 Å². The van der Waals surface area contributed by atoms with Crippen molar-refractivity contribution in [2.45, 2.75) is 45.8 Å². The summed E-state index contributed by atoms with van der Waals surface area (Å²) < 4.78 is 2.12. The van der Waals surface area contributed by atoms with Crippen LogP contribution in [0.1, 0.15) is 33.0 Å². The van der Waals surface area contributed by atoms with Crippen LogP contribution >= 0.6 is 0 Å². The number of rotatable bonds is 4. The van der Waals surface area contributed by atoms with Gasteiger partial charge < -0.3 is 9.88 Å². The molecule has 0 bridgehead atoms. The predicted octanol–water partition coefficient (Wildman–Crippen LogP) is 1.63. The quantitative estimate of drug-likeness (QED) is 0.881. The first-order valence-corrected chi connectivity index (χ1v) is 7.05. The fourth-order valence-corrected chi connectivity index (χ4v) is 2.66. The van der Waals surface area contributed by atoms with Gasteiger partial charge in [0.25, 0.3) is 0 Å². The van der Waals surface area contributed by atoms with Crippen molar-refractivity contribution >= 4 is 0 Å². The standard InChI is InChI=1S/C14H26N4/c1-5-12-8-16-13(11(2)3)9-18(12)10-14-15-6-7-17(14)4/h6-7,11-13,16H,5,8-10H2,1-4H3. The van der Waals surface area contributed by atoms with Crippen molar-refractivity contribution in [3.8, 4) is 0 Å². The molecule has 2 rings (SSSR count). The van der Waals surface area contributed by atoms with E-state index >= 15 is 0 Å². The van der Waals surface area contributed by atoms with E-state index < -0.39 is 0 Å². The molecule has 2 atom stereocenters. The van der Waals surface area contributed by atoms with Crippen molar-refractivity contribution in [1.82, 2.24) is 19.8 Å². The SMILES string of the molecule is CCC1CNC(C(C)C)CN1Cc1nccn1C. The molecular formula is C14H26N4. The summed E-state index contributed by atoms with van der Waals surface area (Å²) in [5.74, 6) is 1.85. The largest absolute Gasteiger partial charge is 0.337 e. The summed E-state index contributed by atoms with van der Waals surface area (Å²) in [7, 11) is 2.07. The van der Waals surface area contributed by atoms with E-state index in [4.69, 9.17) is 0 Å². The Hall–Kier alpha value is -0.870. The molecule has 4 heteroatoms. The Morgan fingerprint density at radius 1 is 1.50 bits per heavy atom. The first kappa shape index (κ1) is 13.6. The number of nitrogens with zero attached hydrogens (tertiary/aromatic N) is 3. The summed E-state index contributed by atoms with van der Waals surface area (Å²) >= 11 is 0. The summed E-state index contributed by atoms with van der Waals surface area (Å²) in [5.41, 5.74) is 0. The predicted molar refractivity (Wildman–Crippen MR) is 74.3 cm³/mol. The maximum atomic E-state index is 4.45. The average molecular weight is 250 g/mol. The Bertz CT molecular complexity index is 372. The third kappa shape index (κ3) is 2.93. The van der Waals surface area contributed by atoms with Crippen molar-refractivity contribution < 1.29 is 0 Å². The van der Waals surface area contributed by atoms with E-state index in [1.54, 1.807) is 0 Å². The molecule has 1 aromatic heterocycles. The molecule has 0 radical (unpaired) electrons. The number of imidazole rings is 1. The average Bonchev–Trinajstić information content (AvgIpc) is 2.75. The number of hydrogen-bond acceptors (Lipinski definition) is 3. The van der Waals surface area contributed by atoms with E-state index in [9.17, 15) is 0 Å². The minimum absolute atomic E-state index is 0.605. The molecule has 0 aliphatic carbocycles. The monoisotopic (exact) mass is 250 g/mol. The third-order valence-corrected chi connectivity index (χ3v) is 4.10. The van der Waals surface area contributed by atoms with Crippen molar-refractivity contribution in [1.29, 1.82) is 0 Å². The highest BCUT2D eigenvalue weighted by molar-refractivity contribution is 4.95. The molecule has 1 N–H and O–H groups in total. The van der Waals surface area contributed by atoms with Gasteiger partial charge in [-0.25, -0.2) is 4.98 Å². The van der Waals surface area contributed by atoms with Gasteiger partial charge in [-0.3, -0.25) is 4.90 Å². The molecule has 1 aliphatic rings. The van der Waals surface area contributed by atoms with Gasteiger partial charge >= 0.3 is 0 Å². The van der Waals surface area contributed by atoms with Crippen LogP contribution in [-0.4, -0.2) is 39.6 Å². The van der Waals surface area contributed by atoms with Gasteiger partial charge in [0.15, 0.2) is 0 Å². The smallest absolute Gasteiger partial charge is 0.122 e. The zero-order chi connectivity index (χ0) is 13.1. The summed E-state index contributed by atoms with van der Waals surface area (Å²) in [6, 6.07) is 1.24. The Morgan fingerprint density at radius 2 is 2.28 bits per heavy atom. The molecule has 1 aromatic rings. The molecule has 1 fully saturated rings. The highest BCUT2D eigenvalue weighted by Gasteiger charge is 2.28. The fraction of sp³-hybridized carbons (Fsp3) is 0.786. The summed E-state index contributed by atoms with van der Waals surface area (Å²) in [6.07, 6.45) is 5.11. The summed E-state index contributed by atoms with van der Waals surface area (Å²) in [6.45, 7) is 10.1. The number of nitrogens with one attached hydrogen (secondary N) is 1. The van der Waals surface area contributed by atoms with E-state index in [-0.39, 0.29) is 0 Å². The Balaban J connectivity index is 2.04. The second kappa shape index (κ2) is 5.85. The fourth-order valence-electron chi connectivity index (χ4n) is 2.66. The van der Waals surface area contributed by atoms with Gasteiger partial charge in [-0.2, -0.15) is 0 Å². The molecule has 0 amide bonds. The van der Waals surface area contributed by atoms with Crippen molar-refractivity contribution in [3.05, 3.63) is 18.2 Å². The molecule has 1 aliphatic heterocycles. The van der Waals surface area contributed by atoms with Gasteiger partial charge in [0.1, 0.15) is 5.82 Å². The molecule has 0 aromatic carbocycles. The minimum atomic E-state index is 0.605. The van der Waals surface area contributed by atoms with Crippen LogP contribution in [0.3, 0.4) is 0 Å². The molecule has 2 heterocycles. The van der Waals surface area contributed by atoms with Crippen LogP contribution < -0.4 is 5.32 Å². The van der Waals surface area contributed by atoms with Gasteiger partial charge in [0, 0.05) is 44.6 Å². The van der Waals surface area contributed by atoms with Crippen molar-refractivity contribution in [2.24, 2.45) is 13.0 Å². The first-order valence-electron chi connectivity index (χ1n) is 7.05. The first-order chi connectivity index (χ1) is 8.61. The van der Waals surface area contributed by atoms with Gasteiger partial charge in [-0.15, -0.1) is 0 Å². The lowest BCUT2D eigenvalue weighted by molar-refractivity contribution is 0.0996. The Kier molecular flexibility index (Phi) is 4.40. The summed E-state index contributed by atoms with van der Waals surface area (Å²) in [5, 5.41) is 3.67. The van der Waals surface area contributed by atoms with Crippen LogP contribution in [0.25, 0.3) is 0 Å². The molecule has 102 valence electrons. The van der Waals surface area contributed by atoms with E-state index in [0.29, 0.717) is 18.0 Å². The van der Waals surface area contributed by atoms with E-state index in [1.807, 2.05) is 12.4 Å². The summed E-state index contributed by atoms with van der Waals surface area (Å²) in [4.78, 5) is 7.04. The zero-order valence-corrected chi connectivity index (χ0v) is 12.1. The van der Waals surface area contributed by atoms with Crippen molar-refractivity contribution in [3.63, 3.8) is 0 Å². The van der Waals surface area contributed by atoms with Gasteiger partial charge in [-0.05, 0) is 12.3 Å². The maximum Gasteiger partial charge on any atom is 0.122 e. The number of aromatic nitrogens is 2. The van der Waals surface area contributed by atoms with Gasteiger partial charge in [0.05, 0.1) is 6.54 Å². The Morgan fingerprint density at radius 3 is 2.83 bits per heavy atom. The lowest BCUT2D eigenvalue weighted by Gasteiger charge is -2.41. The minimum Gasteiger partial charge on any atom is -0.337 e. The van der Waals surface area contributed by atoms with Gasteiger partial charge in [-0.1, -0.05) is 20.8 Å². The second-order valence-corrected chi connectivity index (χ2v) is 5.70.